The van der Waals surface area contributed by atoms with Gasteiger partial charge in [0.05, 0.1) is 0 Å². The molecule has 138 valence electrons. The first-order valence-electron chi connectivity index (χ1n) is 8.55. The highest BCUT2D eigenvalue weighted by Gasteiger charge is 2.26. The van der Waals surface area contributed by atoms with E-state index in [4.69, 9.17) is 0 Å². The van der Waals surface area contributed by atoms with Crippen molar-refractivity contribution in [1.29, 1.82) is 0 Å². The third-order valence-electron chi connectivity index (χ3n) is 3.98. The molecule has 3 aromatic rings. The van der Waals surface area contributed by atoms with E-state index in [0.29, 0.717) is 11.7 Å². The number of amides is 1. The van der Waals surface area contributed by atoms with E-state index in [1.807, 2.05) is 30.3 Å². The van der Waals surface area contributed by atoms with Crippen LogP contribution in [0.25, 0.3) is 0 Å². The van der Waals surface area contributed by atoms with Crippen LogP contribution in [-0.4, -0.2) is 22.1 Å². The molecule has 1 saturated carbocycles. The average molecular weight is 401 g/mol. The van der Waals surface area contributed by atoms with E-state index < -0.39 is 5.25 Å². The summed E-state index contributed by atoms with van der Waals surface area (Å²) in [4.78, 5) is 12.9. The lowest BCUT2D eigenvalue weighted by Crippen LogP contribution is -2.19. The molecule has 8 heteroatoms. The molecule has 5 nitrogen and oxygen atoms in total. The summed E-state index contributed by atoms with van der Waals surface area (Å²) in [7, 11) is 0. The first-order chi connectivity index (χ1) is 13.2. The van der Waals surface area contributed by atoms with E-state index in [1.54, 1.807) is 12.1 Å². The minimum absolute atomic E-state index is 0.190. The molecule has 4 rings (SSSR count). The largest absolute Gasteiger partial charge is 0.357 e. The lowest BCUT2D eigenvalue weighted by molar-refractivity contribution is -0.115. The Balaban J connectivity index is 1.52. The minimum atomic E-state index is -0.488. The van der Waals surface area contributed by atoms with Crippen LogP contribution in [0.5, 0.6) is 0 Å². The van der Waals surface area contributed by atoms with Gasteiger partial charge in [-0.05, 0) is 42.7 Å². The van der Waals surface area contributed by atoms with Gasteiger partial charge in [-0.25, -0.2) is 4.39 Å². The fraction of sp³-hybridized carbons (Fsp3) is 0.211. The molecule has 0 radical (unpaired) electrons. The number of rotatable bonds is 7. The summed E-state index contributed by atoms with van der Waals surface area (Å²) in [6, 6.07) is 15.8. The van der Waals surface area contributed by atoms with Crippen molar-refractivity contribution < 1.29 is 9.18 Å². The van der Waals surface area contributed by atoms with Crippen LogP contribution in [0.1, 0.15) is 23.7 Å². The number of thioether (sulfide) groups is 1. The highest BCUT2D eigenvalue weighted by molar-refractivity contribution is 8.02. The second-order valence-corrected chi connectivity index (χ2v) is 8.53. The van der Waals surface area contributed by atoms with Gasteiger partial charge in [0.25, 0.3) is 0 Å². The quantitative estimate of drug-likeness (QED) is 0.562. The monoisotopic (exact) mass is 400 g/mol. The Morgan fingerprint density at radius 1 is 1.11 bits per heavy atom. The molecule has 0 spiro atoms. The molecule has 1 aromatic heterocycles. The zero-order chi connectivity index (χ0) is 18.6. The highest BCUT2D eigenvalue weighted by atomic mass is 32.2. The predicted octanol–water partition coefficient (Wildman–Crippen LogP) is 4.72. The van der Waals surface area contributed by atoms with Crippen LogP contribution in [0.4, 0.5) is 15.2 Å². The summed E-state index contributed by atoms with van der Waals surface area (Å²) in [5.41, 5.74) is 1.42. The topological polar surface area (TPSA) is 66.9 Å². The average Bonchev–Trinajstić information content (AvgIpc) is 3.39. The van der Waals surface area contributed by atoms with Gasteiger partial charge in [-0.2, -0.15) is 0 Å². The Labute approximate surface area is 164 Å². The van der Waals surface area contributed by atoms with Crippen LogP contribution in [0, 0.1) is 5.82 Å². The molecule has 0 aliphatic heterocycles. The lowest BCUT2D eigenvalue weighted by atomic mass is 10.1. The molecular formula is C19H17FN4OS2. The number of nitrogens with zero attached hydrogens (tertiary/aromatic N) is 2. The van der Waals surface area contributed by atoms with Gasteiger partial charge >= 0.3 is 0 Å². The number of carbonyl (C=O) groups is 1. The number of nitrogens with one attached hydrogen (secondary N) is 2. The van der Waals surface area contributed by atoms with Crippen molar-refractivity contribution in [2.75, 3.05) is 10.6 Å². The predicted molar refractivity (Wildman–Crippen MR) is 107 cm³/mol. The molecule has 1 heterocycles. The van der Waals surface area contributed by atoms with E-state index in [9.17, 15) is 9.18 Å². The third-order valence-corrected chi connectivity index (χ3v) is 6.18. The normalized spacial score (nSPS) is 14.6. The lowest BCUT2D eigenvalue weighted by Gasteiger charge is -2.15. The molecule has 1 atom stereocenters. The second kappa shape index (κ2) is 8.06. The molecule has 1 aliphatic carbocycles. The maximum atomic E-state index is 13.1. The Kier molecular flexibility index (Phi) is 5.35. The third kappa shape index (κ3) is 4.84. The number of halogens is 1. The van der Waals surface area contributed by atoms with Crippen LogP contribution in [-0.2, 0) is 4.79 Å². The van der Waals surface area contributed by atoms with E-state index in [0.717, 1.165) is 27.9 Å². The molecule has 2 N–H and O–H groups in total. The summed E-state index contributed by atoms with van der Waals surface area (Å²) in [6.45, 7) is 0. The Bertz CT molecular complexity index is 913. The number of carbonyl (C=O) groups excluding carboxylic acids is 1. The Morgan fingerprint density at radius 3 is 2.56 bits per heavy atom. The van der Waals surface area contributed by atoms with Gasteiger partial charge in [-0.3, -0.25) is 4.79 Å². The number of anilines is 2. The van der Waals surface area contributed by atoms with Gasteiger partial charge in [0, 0.05) is 11.7 Å². The van der Waals surface area contributed by atoms with Crippen LogP contribution in [0.15, 0.2) is 58.9 Å². The maximum Gasteiger partial charge on any atom is 0.242 e. The van der Waals surface area contributed by atoms with E-state index >= 15 is 0 Å². The Morgan fingerprint density at radius 2 is 1.85 bits per heavy atom. The van der Waals surface area contributed by atoms with Gasteiger partial charge in [-0.15, -0.1) is 10.2 Å². The van der Waals surface area contributed by atoms with Gasteiger partial charge < -0.3 is 10.6 Å². The maximum absolute atomic E-state index is 13.1. The zero-order valence-corrected chi connectivity index (χ0v) is 15.9. The number of benzene rings is 2. The minimum Gasteiger partial charge on any atom is -0.357 e. The van der Waals surface area contributed by atoms with E-state index in [1.165, 1.54) is 35.2 Å². The van der Waals surface area contributed by atoms with Gasteiger partial charge in [-0.1, -0.05) is 53.4 Å². The molecule has 0 bridgehead atoms. The van der Waals surface area contributed by atoms with Crippen LogP contribution in [0.2, 0.25) is 0 Å². The molecule has 1 aliphatic rings. The first kappa shape index (κ1) is 17.9. The standard InChI is InChI=1S/C19H17FN4OS2/c20-13-6-8-14(9-7-13)21-17(25)16(12-4-2-1-3-5-12)26-19-24-23-18(27-19)22-15-10-11-15/h1-9,15-16H,10-11H2,(H,21,25)(H,22,23)/t16-/m1/s1. The molecule has 2 aromatic carbocycles. The van der Waals surface area contributed by atoms with Crippen LogP contribution >= 0.6 is 23.1 Å². The van der Waals surface area contributed by atoms with E-state index in [2.05, 4.69) is 20.8 Å². The van der Waals surface area contributed by atoms with Crippen molar-refractivity contribution in [3.05, 3.63) is 66.0 Å². The van der Waals surface area contributed by atoms with Crippen molar-refractivity contribution in [3.8, 4) is 0 Å². The molecular weight excluding hydrogens is 383 g/mol. The van der Waals surface area contributed by atoms with Crippen molar-refractivity contribution in [2.45, 2.75) is 28.5 Å². The fourth-order valence-corrected chi connectivity index (χ4v) is 4.48. The number of hydrogen-bond donors (Lipinski definition) is 2. The SMILES string of the molecule is O=C(Nc1ccc(F)cc1)[C@H](Sc1nnc(NC2CC2)s1)c1ccccc1. The van der Waals surface area contributed by atoms with E-state index in [-0.39, 0.29) is 11.7 Å². The molecule has 0 unspecified atom stereocenters. The van der Waals surface area contributed by atoms with Crippen LogP contribution in [0.3, 0.4) is 0 Å². The Hall–Kier alpha value is -2.45. The van der Waals surface area contributed by atoms with Gasteiger partial charge in [0.2, 0.25) is 11.0 Å². The first-order valence-corrected chi connectivity index (χ1v) is 10.2. The van der Waals surface area contributed by atoms with Crippen molar-refractivity contribution in [2.24, 2.45) is 0 Å². The molecule has 1 amide bonds. The molecule has 1 fully saturated rings. The number of aromatic nitrogens is 2. The van der Waals surface area contributed by atoms with Crippen LogP contribution < -0.4 is 10.6 Å². The molecule has 0 saturated heterocycles. The van der Waals surface area contributed by atoms with Gasteiger partial charge in [0.15, 0.2) is 4.34 Å². The van der Waals surface area contributed by atoms with Crippen molar-refractivity contribution >= 4 is 39.8 Å². The van der Waals surface area contributed by atoms with Crippen molar-refractivity contribution in [3.63, 3.8) is 0 Å². The summed E-state index contributed by atoms with van der Waals surface area (Å²) in [6.07, 6.45) is 2.32. The summed E-state index contributed by atoms with van der Waals surface area (Å²) in [5.74, 6) is -0.531. The highest BCUT2D eigenvalue weighted by Crippen LogP contribution is 2.39. The van der Waals surface area contributed by atoms with Gasteiger partial charge in [0.1, 0.15) is 11.1 Å². The number of hydrogen-bond acceptors (Lipinski definition) is 6. The smallest absolute Gasteiger partial charge is 0.242 e. The molecule has 27 heavy (non-hydrogen) atoms. The summed E-state index contributed by atoms with van der Waals surface area (Å²) < 4.78 is 13.8. The van der Waals surface area contributed by atoms with Crippen molar-refractivity contribution in [1.82, 2.24) is 10.2 Å². The second-order valence-electron chi connectivity index (χ2n) is 6.20. The summed E-state index contributed by atoms with van der Waals surface area (Å²) >= 11 is 2.81. The fourth-order valence-electron chi connectivity index (χ4n) is 2.46. The zero-order valence-electron chi connectivity index (χ0n) is 14.3. The summed E-state index contributed by atoms with van der Waals surface area (Å²) in [5, 5.41) is 14.8.